The molecule has 0 aliphatic carbocycles. The molecule has 0 bridgehead atoms. The summed E-state index contributed by atoms with van der Waals surface area (Å²) in [4.78, 5) is 2.33. The van der Waals surface area contributed by atoms with Crippen molar-refractivity contribution >= 4 is 0 Å². The minimum Gasteiger partial charge on any atom is -0.379 e. The zero-order valence-electron chi connectivity index (χ0n) is 12.3. The maximum Gasteiger partial charge on any atom is 0.0591 e. The van der Waals surface area contributed by atoms with Crippen LogP contribution in [0.2, 0.25) is 0 Å². The van der Waals surface area contributed by atoms with Crippen molar-refractivity contribution in [3.8, 4) is 0 Å². The molecule has 0 amide bonds. The summed E-state index contributed by atoms with van der Waals surface area (Å²) in [5.41, 5.74) is 0. The van der Waals surface area contributed by atoms with E-state index in [2.05, 4.69) is 33.2 Å². The molecule has 0 unspecified atom stereocenters. The van der Waals surface area contributed by atoms with Crippen molar-refractivity contribution in [2.45, 2.75) is 0 Å². The van der Waals surface area contributed by atoms with Crippen LogP contribution in [0.3, 0.4) is 0 Å². The molecule has 3 rings (SSSR count). The lowest BCUT2D eigenvalue weighted by Crippen LogP contribution is -2.40. The summed E-state index contributed by atoms with van der Waals surface area (Å²) in [6.07, 6.45) is 0. The summed E-state index contributed by atoms with van der Waals surface area (Å²) < 4.78 is 5.01. The molecule has 114 valence electrons. The predicted octanol–water partition coefficient (Wildman–Crippen LogP) is -1.69. The average molecular weight is 273 g/mol. The third-order valence-electron chi connectivity index (χ3n) is 3.14. The first-order valence-electron chi connectivity index (χ1n) is 7.49. The fraction of sp³-hybridized carbons (Fsp3) is 1.00. The van der Waals surface area contributed by atoms with Crippen molar-refractivity contribution in [2.75, 3.05) is 85.7 Å². The number of piperazine rings is 2. The zero-order valence-corrected chi connectivity index (χ0v) is 12.3. The predicted molar refractivity (Wildman–Crippen MR) is 79.8 cm³/mol. The average Bonchev–Trinajstić information content (AvgIpc) is 2.53. The van der Waals surface area contributed by atoms with Crippen molar-refractivity contribution in [1.82, 2.24) is 26.2 Å². The topological polar surface area (TPSA) is 60.6 Å². The Bertz CT molecular complexity index is 145. The van der Waals surface area contributed by atoms with Crippen LogP contribution in [0.1, 0.15) is 0 Å². The van der Waals surface area contributed by atoms with E-state index in [1.165, 1.54) is 13.1 Å². The lowest BCUT2D eigenvalue weighted by Gasteiger charge is -2.21. The summed E-state index contributed by atoms with van der Waals surface area (Å²) in [6.45, 7) is 13.1. The van der Waals surface area contributed by atoms with Gasteiger partial charge in [-0.15, -0.1) is 0 Å². The highest BCUT2D eigenvalue weighted by Crippen LogP contribution is 1.83. The lowest BCUT2D eigenvalue weighted by atomic mass is 10.4. The number of hydrogen-bond donors (Lipinski definition) is 4. The van der Waals surface area contributed by atoms with Crippen molar-refractivity contribution in [2.24, 2.45) is 0 Å². The van der Waals surface area contributed by atoms with E-state index in [-0.39, 0.29) is 0 Å². The number of likely N-dealkylation sites (N-methyl/N-ethyl adjacent to an activating group) is 1. The smallest absolute Gasteiger partial charge is 0.0591 e. The normalized spacial score (nSPS) is 24.5. The molecule has 0 aromatic carbocycles. The van der Waals surface area contributed by atoms with E-state index >= 15 is 0 Å². The van der Waals surface area contributed by atoms with E-state index < -0.39 is 0 Å². The first-order chi connectivity index (χ1) is 9.39. The SMILES string of the molecule is C1CNCCN1.C1COCCN1.CN1CCNCC1. The van der Waals surface area contributed by atoms with Gasteiger partial charge in [-0.1, -0.05) is 0 Å². The quantitative estimate of drug-likeness (QED) is 0.422. The van der Waals surface area contributed by atoms with Crippen molar-refractivity contribution in [3.63, 3.8) is 0 Å². The van der Waals surface area contributed by atoms with E-state index in [9.17, 15) is 0 Å². The van der Waals surface area contributed by atoms with Crippen LogP contribution in [0.5, 0.6) is 0 Å². The number of morpholine rings is 1. The monoisotopic (exact) mass is 273 g/mol. The van der Waals surface area contributed by atoms with Crippen LogP contribution in [0, 0.1) is 0 Å². The van der Waals surface area contributed by atoms with Gasteiger partial charge in [0.05, 0.1) is 13.2 Å². The van der Waals surface area contributed by atoms with Crippen LogP contribution >= 0.6 is 0 Å². The number of nitrogens with one attached hydrogen (secondary N) is 4. The van der Waals surface area contributed by atoms with Gasteiger partial charge >= 0.3 is 0 Å². The second kappa shape index (κ2) is 12.8. The Hall–Kier alpha value is -0.240. The molecule has 6 nitrogen and oxygen atoms in total. The number of rotatable bonds is 0. The van der Waals surface area contributed by atoms with E-state index in [1.807, 2.05) is 0 Å². The van der Waals surface area contributed by atoms with Crippen LogP contribution in [-0.4, -0.2) is 90.6 Å². The Labute approximate surface area is 117 Å². The minimum absolute atomic E-state index is 0.889. The van der Waals surface area contributed by atoms with E-state index in [0.717, 1.165) is 65.6 Å². The minimum atomic E-state index is 0.889. The van der Waals surface area contributed by atoms with Gasteiger partial charge in [-0.2, -0.15) is 0 Å². The van der Waals surface area contributed by atoms with Crippen LogP contribution in [0.25, 0.3) is 0 Å². The standard InChI is InChI=1S/C5H12N2.C4H10N2.C4H9NO/c1-7-4-2-6-3-5-7;1-2-6-4-3-5-1;1-3-6-4-2-5-1/h6H,2-5H2,1H3;5-6H,1-4H2;5H,1-4H2. The maximum absolute atomic E-state index is 5.01. The molecular formula is C13H31N5O. The summed E-state index contributed by atoms with van der Waals surface area (Å²) in [5.74, 6) is 0. The molecule has 0 spiro atoms. The zero-order chi connectivity index (χ0) is 13.6. The van der Waals surface area contributed by atoms with Gasteiger partial charge in [-0.25, -0.2) is 0 Å². The molecule has 19 heavy (non-hydrogen) atoms. The lowest BCUT2D eigenvalue weighted by molar-refractivity contribution is 0.109. The molecule has 3 aliphatic rings. The van der Waals surface area contributed by atoms with E-state index in [0.29, 0.717) is 0 Å². The first kappa shape index (κ1) is 16.8. The Morgan fingerprint density at radius 2 is 1.05 bits per heavy atom. The van der Waals surface area contributed by atoms with Gasteiger partial charge in [0.2, 0.25) is 0 Å². The van der Waals surface area contributed by atoms with Crippen LogP contribution in [-0.2, 0) is 4.74 Å². The molecule has 3 aliphatic heterocycles. The molecule has 0 radical (unpaired) electrons. The highest BCUT2D eigenvalue weighted by atomic mass is 16.5. The Balaban J connectivity index is 0.000000143. The molecular weight excluding hydrogens is 242 g/mol. The molecule has 0 aromatic rings. The molecule has 3 heterocycles. The molecule has 0 aromatic heterocycles. The van der Waals surface area contributed by atoms with Crippen LogP contribution in [0.15, 0.2) is 0 Å². The Morgan fingerprint density at radius 1 is 0.632 bits per heavy atom. The van der Waals surface area contributed by atoms with Gasteiger partial charge in [-0.05, 0) is 7.05 Å². The van der Waals surface area contributed by atoms with E-state index in [1.54, 1.807) is 0 Å². The third kappa shape index (κ3) is 11.3. The number of nitrogens with zero attached hydrogens (tertiary/aromatic N) is 1. The second-order valence-corrected chi connectivity index (χ2v) is 4.92. The van der Waals surface area contributed by atoms with Crippen LogP contribution in [0.4, 0.5) is 0 Å². The summed E-state index contributed by atoms with van der Waals surface area (Å²) in [5, 5.41) is 12.9. The summed E-state index contributed by atoms with van der Waals surface area (Å²) >= 11 is 0. The number of hydrogen-bond acceptors (Lipinski definition) is 6. The van der Waals surface area contributed by atoms with Crippen molar-refractivity contribution in [3.05, 3.63) is 0 Å². The summed E-state index contributed by atoms with van der Waals surface area (Å²) in [7, 11) is 2.15. The Morgan fingerprint density at radius 3 is 1.26 bits per heavy atom. The highest BCUT2D eigenvalue weighted by molar-refractivity contribution is 4.62. The fourth-order valence-electron chi connectivity index (χ4n) is 1.90. The third-order valence-corrected chi connectivity index (χ3v) is 3.14. The van der Waals surface area contributed by atoms with Gasteiger partial charge in [0, 0.05) is 65.4 Å². The summed E-state index contributed by atoms with van der Waals surface area (Å²) in [6, 6.07) is 0. The molecule has 4 N–H and O–H groups in total. The number of ether oxygens (including phenoxy) is 1. The Kier molecular flexibility index (Phi) is 11.3. The molecule has 0 atom stereocenters. The second-order valence-electron chi connectivity index (χ2n) is 4.92. The maximum atomic E-state index is 5.01. The van der Waals surface area contributed by atoms with Crippen molar-refractivity contribution < 1.29 is 4.74 Å². The van der Waals surface area contributed by atoms with Gasteiger partial charge < -0.3 is 30.9 Å². The van der Waals surface area contributed by atoms with Gasteiger partial charge in [0.25, 0.3) is 0 Å². The van der Waals surface area contributed by atoms with E-state index in [4.69, 9.17) is 4.74 Å². The van der Waals surface area contributed by atoms with Gasteiger partial charge in [0.1, 0.15) is 0 Å². The molecule has 6 heteroatoms. The van der Waals surface area contributed by atoms with Crippen molar-refractivity contribution in [1.29, 1.82) is 0 Å². The van der Waals surface area contributed by atoms with Gasteiger partial charge in [0.15, 0.2) is 0 Å². The molecule has 3 fully saturated rings. The van der Waals surface area contributed by atoms with Crippen LogP contribution < -0.4 is 21.3 Å². The fourth-order valence-corrected chi connectivity index (χ4v) is 1.90. The highest BCUT2D eigenvalue weighted by Gasteiger charge is 2.01. The largest absolute Gasteiger partial charge is 0.379 e. The molecule has 0 saturated carbocycles. The molecule has 3 saturated heterocycles. The van der Waals surface area contributed by atoms with Gasteiger partial charge in [-0.3, -0.25) is 0 Å². The first-order valence-corrected chi connectivity index (χ1v) is 7.49.